The molecule has 0 saturated carbocycles. The number of aliphatic hydroxyl groups is 1. The van der Waals surface area contributed by atoms with Crippen LogP contribution < -0.4 is 24.4 Å². The molecule has 5 aliphatic heterocycles. The van der Waals surface area contributed by atoms with E-state index in [2.05, 4.69) is 39.1 Å². The van der Waals surface area contributed by atoms with E-state index in [4.69, 9.17) is 18.9 Å². The van der Waals surface area contributed by atoms with Crippen LogP contribution in [-0.2, 0) is 37.6 Å². The Kier molecular flexibility index (Phi) is 15.3. The highest BCUT2D eigenvalue weighted by Gasteiger charge is 2.76. The first-order valence-electron chi connectivity index (χ1n) is 28.0. The number of nitrogens with zero attached hydrogens (tertiary/aromatic N) is 5. The van der Waals surface area contributed by atoms with Crippen molar-refractivity contribution >= 4 is 29.5 Å². The number of benzene rings is 7. The van der Waals surface area contributed by atoms with Crippen LogP contribution in [0.25, 0.3) is 0 Å². The van der Waals surface area contributed by atoms with Gasteiger partial charge in [-0.1, -0.05) is 151 Å². The van der Waals surface area contributed by atoms with Crippen molar-refractivity contribution in [2.45, 2.75) is 55.7 Å². The maximum Gasteiger partial charge on any atom is 0.329 e. The summed E-state index contributed by atoms with van der Waals surface area (Å²) in [4.78, 5) is 74.5. The normalized spacial score (nSPS) is 22.3. The highest BCUT2D eigenvalue weighted by Crippen LogP contribution is 2.66. The van der Waals surface area contributed by atoms with Gasteiger partial charge in [-0.05, 0) is 95.4 Å². The molecule has 3 fully saturated rings. The van der Waals surface area contributed by atoms with Gasteiger partial charge in [-0.3, -0.25) is 29.1 Å². The molecule has 0 aliphatic carbocycles. The van der Waals surface area contributed by atoms with Crippen LogP contribution in [0.2, 0.25) is 0 Å². The molecule has 0 radical (unpaired) electrons. The Bertz CT molecular complexity index is 3520. The van der Waals surface area contributed by atoms with Gasteiger partial charge in [-0.2, -0.15) is 0 Å². The van der Waals surface area contributed by atoms with Crippen molar-refractivity contribution in [1.82, 2.24) is 24.9 Å². The number of amides is 4. The average molecular weight is 1100 g/mol. The molecular weight excluding hydrogens is 1030 g/mol. The van der Waals surface area contributed by atoms with Crippen LogP contribution in [0, 0.1) is 17.8 Å². The van der Waals surface area contributed by atoms with E-state index in [-0.39, 0.29) is 38.8 Å². The lowest BCUT2D eigenvalue weighted by atomic mass is 9.64. The van der Waals surface area contributed by atoms with E-state index in [0.717, 1.165) is 27.8 Å². The Morgan fingerprint density at radius 2 is 1.41 bits per heavy atom. The second-order valence-corrected chi connectivity index (χ2v) is 21.6. The minimum absolute atomic E-state index is 0.0469. The van der Waals surface area contributed by atoms with Gasteiger partial charge in [0.25, 0.3) is 0 Å². The number of carbonyl (C=O) groups excluding carboxylic acids is 4. The highest BCUT2D eigenvalue weighted by molar-refractivity contribution is 6.24. The van der Waals surface area contributed by atoms with Crippen molar-refractivity contribution in [1.29, 1.82) is 0 Å². The molecule has 5 heterocycles. The third-order valence-electron chi connectivity index (χ3n) is 16.5. The quantitative estimate of drug-likeness (QED) is 0.0791. The molecule has 1 spiro atoms. The lowest BCUT2D eigenvalue weighted by Gasteiger charge is -2.46. The van der Waals surface area contributed by atoms with E-state index in [1.165, 1.54) is 4.90 Å². The minimum atomic E-state index is -1.99. The summed E-state index contributed by atoms with van der Waals surface area (Å²) in [5.74, 6) is 5.42. The van der Waals surface area contributed by atoms with Gasteiger partial charge in [0.05, 0.1) is 42.9 Å². The Balaban J connectivity index is 1.04. The summed E-state index contributed by atoms with van der Waals surface area (Å²) in [6, 6.07) is 53.1. The van der Waals surface area contributed by atoms with Crippen LogP contribution in [0.4, 0.5) is 10.5 Å². The summed E-state index contributed by atoms with van der Waals surface area (Å²) in [5, 5.41) is 12.9. The summed E-state index contributed by atoms with van der Waals surface area (Å²) in [6.45, 7) is 5.12. The number of cyclic esters (lactones) is 1. The van der Waals surface area contributed by atoms with Crippen LogP contribution in [0.15, 0.2) is 182 Å². The number of ether oxygens (including phenoxy) is 4. The Hall–Kier alpha value is -8.78. The number of nitrogens with one attached hydrogen (secondary N) is 1. The number of morpholine rings is 1. The number of imide groups is 1. The molecule has 416 valence electrons. The number of carbonyl (C=O) groups is 4. The van der Waals surface area contributed by atoms with Gasteiger partial charge in [0.15, 0.2) is 11.5 Å². The maximum absolute atomic E-state index is 17.1. The molecule has 15 heteroatoms. The number of esters is 1. The van der Waals surface area contributed by atoms with E-state index >= 15 is 19.2 Å². The van der Waals surface area contributed by atoms with Gasteiger partial charge in [0.1, 0.15) is 29.9 Å². The average Bonchev–Trinajstić information content (AvgIpc) is 1.76. The highest BCUT2D eigenvalue weighted by atomic mass is 16.7. The molecule has 82 heavy (non-hydrogen) atoms. The zero-order valence-corrected chi connectivity index (χ0v) is 45.8. The second kappa shape index (κ2) is 23.4. The van der Waals surface area contributed by atoms with Crippen molar-refractivity contribution in [3.8, 4) is 29.1 Å². The predicted octanol–water partition coefficient (Wildman–Crippen LogP) is 8.75. The molecule has 12 rings (SSSR count). The Labute approximate surface area is 477 Å². The van der Waals surface area contributed by atoms with Crippen LogP contribution in [0.5, 0.6) is 17.2 Å². The molecule has 0 bridgehead atoms. The predicted molar refractivity (Wildman–Crippen MR) is 308 cm³/mol. The topological polar surface area (TPSA) is 154 Å². The SMILES string of the molecule is CC(NC(=O)N1C(=O)C2(c3cc(C#CCN(C)Cc4ccccc4)ccc31)C(C(=O)N1CCN(Cc3ccc4c(c3)OCO4)CC1)C1C(=O)OC(c3ccccc3)C(c3ccccc3)N1C2c1ccc(OCCO)cc1)c1ccccc1. The smallest absolute Gasteiger partial charge is 0.329 e. The molecule has 7 aromatic rings. The summed E-state index contributed by atoms with van der Waals surface area (Å²) in [5.41, 5.74) is 4.34. The van der Waals surface area contributed by atoms with Crippen molar-refractivity contribution < 1.29 is 43.2 Å². The molecule has 0 aromatic heterocycles. The minimum Gasteiger partial charge on any atom is -0.491 e. The molecule has 4 amide bonds. The van der Waals surface area contributed by atoms with E-state index in [1.54, 1.807) is 23.1 Å². The number of aliphatic hydroxyl groups excluding tert-OH is 1. The van der Waals surface area contributed by atoms with Crippen LogP contribution in [-0.4, -0.2) is 114 Å². The van der Waals surface area contributed by atoms with E-state index < -0.39 is 65.4 Å². The van der Waals surface area contributed by atoms with E-state index in [1.807, 2.05) is 171 Å². The third-order valence-corrected chi connectivity index (χ3v) is 16.5. The summed E-state index contributed by atoms with van der Waals surface area (Å²) < 4.78 is 24.0. The number of hydrogen-bond donors (Lipinski definition) is 2. The molecule has 5 aliphatic rings. The van der Waals surface area contributed by atoms with Gasteiger partial charge in [-0.15, -0.1) is 0 Å². The second-order valence-electron chi connectivity index (χ2n) is 21.6. The zero-order chi connectivity index (χ0) is 56.3. The molecule has 2 N–H and O–H groups in total. The van der Waals surface area contributed by atoms with Gasteiger partial charge < -0.3 is 34.3 Å². The molecule has 7 unspecified atom stereocenters. The van der Waals surface area contributed by atoms with Crippen molar-refractivity contribution in [2.24, 2.45) is 5.92 Å². The molecule has 15 nitrogen and oxygen atoms in total. The summed E-state index contributed by atoms with van der Waals surface area (Å²) in [7, 11) is 2.00. The van der Waals surface area contributed by atoms with Gasteiger partial charge in [-0.25, -0.2) is 9.69 Å². The van der Waals surface area contributed by atoms with Crippen LogP contribution in [0.3, 0.4) is 0 Å². The zero-order valence-electron chi connectivity index (χ0n) is 45.8. The summed E-state index contributed by atoms with van der Waals surface area (Å²) in [6.07, 6.45) is -0.903. The standard InChI is InChI=1S/C67H64N6O9/c1-45(49-19-9-4-10-20-49)68-66(78)72-55-31-25-46(18-15-33-69(2)42-47-16-7-3-8-17-47)40-54(55)67(65(72)77)58(63(75)71-36-34-70(35-37-71)43-48-26-32-56-57(41-48)81-44-80-56)60-64(76)82-61(51-23-13-6-14-24-51)59(50-21-11-5-12-22-50)73(60)62(67)52-27-29-53(30-28-52)79-39-38-74/h3-14,16-17,19-32,40-41,45,58-62,74H,33-39,42-44H2,1-2H3,(H,68,78). The largest absolute Gasteiger partial charge is 0.491 e. The van der Waals surface area contributed by atoms with Crippen LogP contribution >= 0.6 is 0 Å². The molecule has 7 atom stereocenters. The fourth-order valence-electron chi connectivity index (χ4n) is 12.8. The third kappa shape index (κ3) is 10.2. The molecule has 3 saturated heterocycles. The first-order chi connectivity index (χ1) is 40.1. The number of piperazine rings is 1. The van der Waals surface area contributed by atoms with Gasteiger partial charge >= 0.3 is 12.0 Å². The fourth-order valence-corrected chi connectivity index (χ4v) is 12.8. The van der Waals surface area contributed by atoms with Crippen molar-refractivity contribution in [2.75, 3.05) is 64.7 Å². The number of rotatable bonds is 14. The number of fused-ring (bicyclic) bond motifs is 4. The first kappa shape index (κ1) is 53.8. The number of hydrogen-bond acceptors (Lipinski definition) is 12. The lowest BCUT2D eigenvalue weighted by molar-refractivity contribution is -0.179. The number of anilines is 1. The number of urea groups is 1. The van der Waals surface area contributed by atoms with Crippen molar-refractivity contribution in [3.05, 3.63) is 226 Å². The maximum atomic E-state index is 17.1. The summed E-state index contributed by atoms with van der Waals surface area (Å²) >= 11 is 0. The van der Waals surface area contributed by atoms with E-state index in [0.29, 0.717) is 66.7 Å². The molecular formula is C67H64N6O9. The van der Waals surface area contributed by atoms with Crippen molar-refractivity contribution in [3.63, 3.8) is 0 Å². The van der Waals surface area contributed by atoms with Gasteiger partial charge in [0.2, 0.25) is 18.6 Å². The fraction of sp³-hybridized carbons (Fsp3) is 0.284. The Morgan fingerprint density at radius 1 is 0.744 bits per heavy atom. The first-order valence-corrected chi connectivity index (χ1v) is 28.0. The van der Waals surface area contributed by atoms with Gasteiger partial charge in [0, 0.05) is 44.8 Å². The van der Waals surface area contributed by atoms with E-state index in [9.17, 15) is 5.11 Å². The molecule has 7 aromatic carbocycles. The van der Waals surface area contributed by atoms with Crippen LogP contribution in [0.1, 0.15) is 75.7 Å². The monoisotopic (exact) mass is 1100 g/mol. The lowest BCUT2D eigenvalue weighted by Crippen LogP contribution is -2.59. The Morgan fingerprint density at radius 3 is 2.12 bits per heavy atom.